The molecule has 7 nitrogen and oxygen atoms in total. The summed E-state index contributed by atoms with van der Waals surface area (Å²) in [5.41, 5.74) is 1.44. The first-order valence-electron chi connectivity index (χ1n) is 9.84. The fraction of sp³-hybridized carbons (Fsp3) is 0.545. The highest BCUT2D eigenvalue weighted by Crippen LogP contribution is 2.36. The number of hydrogen-bond donors (Lipinski definition) is 0. The van der Waals surface area contributed by atoms with Gasteiger partial charge >= 0.3 is 17.9 Å². The minimum atomic E-state index is -0.763. The van der Waals surface area contributed by atoms with Crippen molar-refractivity contribution in [1.82, 2.24) is 0 Å². The summed E-state index contributed by atoms with van der Waals surface area (Å²) in [6.07, 6.45) is 4.65. The van der Waals surface area contributed by atoms with Crippen LogP contribution in [0.2, 0.25) is 0 Å². The van der Waals surface area contributed by atoms with Crippen LogP contribution in [0.5, 0.6) is 0 Å². The van der Waals surface area contributed by atoms with Gasteiger partial charge in [0.2, 0.25) is 0 Å². The Kier molecular flexibility index (Phi) is 7.93. The molecule has 0 radical (unpaired) electrons. The van der Waals surface area contributed by atoms with Gasteiger partial charge in [-0.05, 0) is 36.5 Å². The first-order valence-corrected chi connectivity index (χ1v) is 9.84. The highest BCUT2D eigenvalue weighted by atomic mass is 16.6. The van der Waals surface area contributed by atoms with Gasteiger partial charge < -0.3 is 14.2 Å². The predicted octanol–water partition coefficient (Wildman–Crippen LogP) is 2.84. The van der Waals surface area contributed by atoms with Crippen molar-refractivity contribution in [3.63, 3.8) is 0 Å². The Bertz CT molecular complexity index is 746. The van der Waals surface area contributed by atoms with E-state index in [9.17, 15) is 19.2 Å². The summed E-state index contributed by atoms with van der Waals surface area (Å²) >= 11 is 0. The zero-order valence-corrected chi connectivity index (χ0v) is 17.1. The molecule has 4 atom stereocenters. The van der Waals surface area contributed by atoms with E-state index in [-0.39, 0.29) is 24.5 Å². The number of allylic oxidation sites excluding steroid dienone is 1. The van der Waals surface area contributed by atoms with Crippen molar-refractivity contribution in [2.24, 2.45) is 11.8 Å². The number of carbonyl (C=O) groups excluding carboxylic acids is 4. The number of ether oxygens (including phenoxy) is 3. The fourth-order valence-electron chi connectivity index (χ4n) is 3.34. The molecule has 0 bridgehead atoms. The van der Waals surface area contributed by atoms with E-state index in [2.05, 4.69) is 6.58 Å². The third-order valence-electron chi connectivity index (χ3n) is 5.27. The van der Waals surface area contributed by atoms with E-state index in [1.165, 1.54) is 6.92 Å². The molecule has 0 unspecified atom stereocenters. The van der Waals surface area contributed by atoms with E-state index in [0.717, 1.165) is 11.9 Å². The van der Waals surface area contributed by atoms with Crippen LogP contribution in [0.1, 0.15) is 46.5 Å². The number of carbonyl (C=O) groups is 4. The average Bonchev–Trinajstić information content (AvgIpc) is 2.96. The molecule has 1 saturated heterocycles. The standard InChI is InChI=1S/C22H28O7/c1-5-13(2)21(25)28-18-9-16(11-23)7-6-8-17(12-27-15(4)24)10-19-20(18)14(3)22(26)29-19/h7,10-11,13,18-20H,3,5-6,8-9,12H2,1-2,4H3/b16-7+,17-10-/t13-,18-,19+,20-/m0/s1. The lowest BCUT2D eigenvalue weighted by Gasteiger charge is -2.28. The van der Waals surface area contributed by atoms with Crippen LogP contribution in [-0.2, 0) is 33.4 Å². The van der Waals surface area contributed by atoms with E-state index < -0.39 is 36.0 Å². The van der Waals surface area contributed by atoms with Gasteiger partial charge in [0.25, 0.3) is 0 Å². The molecule has 158 valence electrons. The molecule has 7 heteroatoms. The second kappa shape index (κ2) is 10.2. The maximum Gasteiger partial charge on any atom is 0.334 e. The Morgan fingerprint density at radius 3 is 2.76 bits per heavy atom. The van der Waals surface area contributed by atoms with E-state index in [0.29, 0.717) is 24.8 Å². The maximum atomic E-state index is 12.4. The number of esters is 3. The topological polar surface area (TPSA) is 96.0 Å². The van der Waals surface area contributed by atoms with E-state index in [1.807, 2.05) is 6.92 Å². The zero-order valence-electron chi connectivity index (χ0n) is 17.1. The van der Waals surface area contributed by atoms with Crippen molar-refractivity contribution in [2.45, 2.75) is 58.7 Å². The third-order valence-corrected chi connectivity index (χ3v) is 5.27. The van der Waals surface area contributed by atoms with E-state index >= 15 is 0 Å². The molecule has 0 aromatic carbocycles. The van der Waals surface area contributed by atoms with Gasteiger partial charge in [-0.3, -0.25) is 14.4 Å². The lowest BCUT2D eigenvalue weighted by molar-refractivity contribution is -0.156. The second-order valence-corrected chi connectivity index (χ2v) is 7.45. The molecule has 0 saturated carbocycles. The Morgan fingerprint density at radius 2 is 2.14 bits per heavy atom. The lowest BCUT2D eigenvalue weighted by atomic mass is 9.85. The number of hydrogen-bond acceptors (Lipinski definition) is 7. The largest absolute Gasteiger partial charge is 0.461 e. The number of fused-ring (bicyclic) bond motifs is 1. The van der Waals surface area contributed by atoms with Crippen LogP contribution in [0, 0.1) is 11.8 Å². The van der Waals surface area contributed by atoms with Crippen LogP contribution in [0.25, 0.3) is 0 Å². The minimum absolute atomic E-state index is 0.0597. The molecule has 1 aliphatic carbocycles. The Hall–Kier alpha value is -2.70. The Labute approximate surface area is 170 Å². The first-order chi connectivity index (χ1) is 13.8. The molecule has 2 rings (SSSR count). The quantitative estimate of drug-likeness (QED) is 0.221. The molecule has 0 spiro atoms. The van der Waals surface area contributed by atoms with Crippen LogP contribution >= 0.6 is 0 Å². The highest BCUT2D eigenvalue weighted by molar-refractivity contribution is 5.91. The van der Waals surface area contributed by atoms with Crippen LogP contribution in [0.15, 0.2) is 35.5 Å². The monoisotopic (exact) mass is 404 g/mol. The SMILES string of the molecule is C=C1C(=O)O[C@@H]2/C=C(\COC(C)=O)CC/C=C(/C=O)C[C@H](OC(=O)[C@@H](C)CC)[C@H]12. The van der Waals surface area contributed by atoms with Crippen LogP contribution < -0.4 is 0 Å². The third kappa shape index (κ3) is 5.89. The van der Waals surface area contributed by atoms with Crippen molar-refractivity contribution in [3.8, 4) is 0 Å². The van der Waals surface area contributed by atoms with Crippen molar-refractivity contribution in [1.29, 1.82) is 0 Å². The van der Waals surface area contributed by atoms with Crippen molar-refractivity contribution in [2.75, 3.05) is 6.61 Å². The number of rotatable bonds is 6. The predicted molar refractivity (Wildman–Crippen MR) is 105 cm³/mol. The van der Waals surface area contributed by atoms with Crippen LogP contribution in [0.3, 0.4) is 0 Å². The van der Waals surface area contributed by atoms with Crippen LogP contribution in [0.4, 0.5) is 0 Å². The van der Waals surface area contributed by atoms with Crippen molar-refractivity contribution < 1.29 is 33.4 Å². The summed E-state index contributed by atoms with van der Waals surface area (Å²) in [5, 5.41) is 0. The van der Waals surface area contributed by atoms with Gasteiger partial charge in [-0.15, -0.1) is 0 Å². The van der Waals surface area contributed by atoms with Gasteiger partial charge in [0.1, 0.15) is 25.1 Å². The summed E-state index contributed by atoms with van der Waals surface area (Å²) in [4.78, 5) is 47.4. The first kappa shape index (κ1) is 22.6. The Morgan fingerprint density at radius 1 is 1.41 bits per heavy atom. The maximum absolute atomic E-state index is 12.4. The molecular formula is C22H28O7. The molecule has 1 fully saturated rings. The van der Waals surface area contributed by atoms with E-state index in [1.54, 1.807) is 19.1 Å². The molecule has 1 aliphatic heterocycles. The smallest absolute Gasteiger partial charge is 0.334 e. The van der Waals surface area contributed by atoms with Gasteiger partial charge in [-0.2, -0.15) is 0 Å². The van der Waals surface area contributed by atoms with E-state index in [4.69, 9.17) is 14.2 Å². The van der Waals surface area contributed by atoms with Crippen molar-refractivity contribution >= 4 is 24.2 Å². The normalized spacial score (nSPS) is 29.3. The van der Waals surface area contributed by atoms with Gasteiger partial charge in [-0.25, -0.2) is 4.79 Å². The molecular weight excluding hydrogens is 376 g/mol. The highest BCUT2D eigenvalue weighted by Gasteiger charge is 2.45. The molecule has 0 N–H and O–H groups in total. The Balaban J connectivity index is 2.41. The van der Waals surface area contributed by atoms with Crippen molar-refractivity contribution in [3.05, 3.63) is 35.5 Å². The van der Waals surface area contributed by atoms with Gasteiger partial charge in [-0.1, -0.05) is 26.5 Å². The molecule has 1 heterocycles. The molecule has 0 aromatic heterocycles. The van der Waals surface area contributed by atoms with Gasteiger partial charge in [0.15, 0.2) is 0 Å². The summed E-state index contributed by atoms with van der Waals surface area (Å²) in [7, 11) is 0. The summed E-state index contributed by atoms with van der Waals surface area (Å²) in [5.74, 6) is -2.31. The van der Waals surface area contributed by atoms with Gasteiger partial charge in [0, 0.05) is 18.9 Å². The molecule has 0 amide bonds. The minimum Gasteiger partial charge on any atom is -0.461 e. The summed E-state index contributed by atoms with van der Waals surface area (Å²) in [6.45, 7) is 8.85. The van der Waals surface area contributed by atoms with Gasteiger partial charge in [0.05, 0.1) is 11.8 Å². The summed E-state index contributed by atoms with van der Waals surface area (Å²) in [6, 6.07) is 0. The average molecular weight is 404 g/mol. The number of aldehydes is 1. The molecule has 2 aliphatic rings. The summed E-state index contributed by atoms with van der Waals surface area (Å²) < 4.78 is 16.3. The molecule has 0 aromatic rings. The second-order valence-electron chi connectivity index (χ2n) is 7.45. The van der Waals surface area contributed by atoms with Crippen LogP contribution in [-0.4, -0.2) is 43.0 Å². The molecule has 29 heavy (non-hydrogen) atoms. The fourth-order valence-corrected chi connectivity index (χ4v) is 3.34. The zero-order chi connectivity index (χ0) is 21.6. The lowest BCUT2D eigenvalue weighted by Crippen LogP contribution is -2.35.